The summed E-state index contributed by atoms with van der Waals surface area (Å²) in [6.07, 6.45) is 6.68. The summed E-state index contributed by atoms with van der Waals surface area (Å²) in [6.45, 7) is 11.3. The number of nitrogens with zero attached hydrogens (tertiary/aromatic N) is 1. The summed E-state index contributed by atoms with van der Waals surface area (Å²) >= 11 is 0. The Balaban J connectivity index is -0.000000439. The number of aliphatic hydroxyl groups is 1. The molecule has 1 atom stereocenters. The summed E-state index contributed by atoms with van der Waals surface area (Å²) in [6, 6.07) is 0. The van der Waals surface area contributed by atoms with Crippen molar-refractivity contribution in [3.8, 4) is 0 Å². The van der Waals surface area contributed by atoms with Crippen LogP contribution in [0.25, 0.3) is 0 Å². The van der Waals surface area contributed by atoms with Crippen molar-refractivity contribution in [2.24, 2.45) is 0 Å². The molecule has 0 fully saturated rings. The quantitative estimate of drug-likeness (QED) is 0.646. The van der Waals surface area contributed by atoms with Crippen LogP contribution in [0.4, 0.5) is 0 Å². The standard InChI is InChI=1S/C11H25NO.2C2H6/c1-4-8-11(13)9-6-5-7-10-12(2)3;2*1-2/h11,13H,4-10H2,1-3H3;2*1-2H3. The van der Waals surface area contributed by atoms with Crippen LogP contribution in [0.3, 0.4) is 0 Å². The van der Waals surface area contributed by atoms with Crippen LogP contribution in [0, 0.1) is 0 Å². The maximum atomic E-state index is 9.45. The fraction of sp³-hybridized carbons (Fsp3) is 1.00. The molecule has 0 aromatic heterocycles. The third kappa shape index (κ3) is 25.9. The van der Waals surface area contributed by atoms with Gasteiger partial charge in [-0.15, -0.1) is 0 Å². The second-order valence-corrected chi connectivity index (χ2v) is 4.10. The number of rotatable bonds is 8. The minimum Gasteiger partial charge on any atom is -0.393 e. The van der Waals surface area contributed by atoms with Crippen molar-refractivity contribution in [2.45, 2.75) is 79.2 Å². The molecule has 0 aliphatic rings. The smallest absolute Gasteiger partial charge is 0.0540 e. The molecule has 0 radical (unpaired) electrons. The molecule has 2 heteroatoms. The van der Waals surface area contributed by atoms with Gasteiger partial charge < -0.3 is 10.0 Å². The van der Waals surface area contributed by atoms with Crippen molar-refractivity contribution in [1.29, 1.82) is 0 Å². The Hall–Kier alpha value is -0.0800. The Bertz CT molecular complexity index is 105. The maximum absolute atomic E-state index is 9.45. The number of hydrogen-bond donors (Lipinski definition) is 1. The lowest BCUT2D eigenvalue weighted by molar-refractivity contribution is 0.149. The van der Waals surface area contributed by atoms with Gasteiger partial charge in [-0.2, -0.15) is 0 Å². The topological polar surface area (TPSA) is 23.5 Å². The molecular formula is C15H37NO. The second kappa shape index (κ2) is 21.2. The molecule has 0 heterocycles. The molecule has 1 N–H and O–H groups in total. The number of aliphatic hydroxyl groups excluding tert-OH is 1. The van der Waals surface area contributed by atoms with Gasteiger partial charge in [0.25, 0.3) is 0 Å². The maximum Gasteiger partial charge on any atom is 0.0540 e. The van der Waals surface area contributed by atoms with Gasteiger partial charge in [0.15, 0.2) is 0 Å². The van der Waals surface area contributed by atoms with Crippen LogP contribution < -0.4 is 0 Å². The molecule has 0 amide bonds. The normalized spacial score (nSPS) is 11.1. The first kappa shape index (κ1) is 22.1. The van der Waals surface area contributed by atoms with Gasteiger partial charge in [-0.1, -0.05) is 53.9 Å². The van der Waals surface area contributed by atoms with Gasteiger partial charge in [-0.05, 0) is 39.9 Å². The molecule has 1 unspecified atom stereocenters. The van der Waals surface area contributed by atoms with Crippen molar-refractivity contribution in [3.05, 3.63) is 0 Å². The molecule has 0 saturated heterocycles. The molecule has 0 aliphatic heterocycles. The molecule has 0 aromatic carbocycles. The van der Waals surface area contributed by atoms with E-state index in [1.54, 1.807) is 0 Å². The Kier molecular flexibility index (Phi) is 27.6. The van der Waals surface area contributed by atoms with Gasteiger partial charge in [0.1, 0.15) is 0 Å². The first-order chi connectivity index (χ1) is 8.16. The summed E-state index contributed by atoms with van der Waals surface area (Å²) in [5, 5.41) is 9.45. The summed E-state index contributed by atoms with van der Waals surface area (Å²) < 4.78 is 0. The molecule has 0 saturated carbocycles. The SMILES string of the molecule is CC.CC.CCCC(O)CCCCCN(C)C. The van der Waals surface area contributed by atoms with Crippen LogP contribution >= 0.6 is 0 Å². The van der Waals surface area contributed by atoms with E-state index in [-0.39, 0.29) is 6.10 Å². The monoisotopic (exact) mass is 247 g/mol. The highest BCUT2D eigenvalue weighted by atomic mass is 16.3. The lowest BCUT2D eigenvalue weighted by Crippen LogP contribution is -2.13. The van der Waals surface area contributed by atoms with Crippen LogP contribution in [-0.2, 0) is 0 Å². The predicted octanol–water partition coefficient (Wildman–Crippen LogP) is 4.32. The van der Waals surface area contributed by atoms with E-state index in [4.69, 9.17) is 0 Å². The Labute approximate surface area is 110 Å². The van der Waals surface area contributed by atoms with E-state index in [0.29, 0.717) is 0 Å². The lowest BCUT2D eigenvalue weighted by Gasteiger charge is -2.10. The summed E-state index contributed by atoms with van der Waals surface area (Å²) in [7, 11) is 4.21. The first-order valence-corrected chi connectivity index (χ1v) is 7.49. The first-order valence-electron chi connectivity index (χ1n) is 7.49. The van der Waals surface area contributed by atoms with E-state index in [9.17, 15) is 5.11 Å². The lowest BCUT2D eigenvalue weighted by atomic mass is 10.1. The van der Waals surface area contributed by atoms with Gasteiger partial charge in [0.2, 0.25) is 0 Å². The van der Waals surface area contributed by atoms with Gasteiger partial charge in [0.05, 0.1) is 6.10 Å². The summed E-state index contributed by atoms with van der Waals surface area (Å²) in [5.74, 6) is 0. The van der Waals surface area contributed by atoms with E-state index >= 15 is 0 Å². The van der Waals surface area contributed by atoms with Crippen molar-refractivity contribution in [1.82, 2.24) is 4.90 Å². The number of hydrogen-bond acceptors (Lipinski definition) is 2. The number of unbranched alkanes of at least 4 members (excludes halogenated alkanes) is 2. The van der Waals surface area contributed by atoms with Crippen molar-refractivity contribution in [3.63, 3.8) is 0 Å². The Morgan fingerprint density at radius 2 is 1.41 bits per heavy atom. The van der Waals surface area contributed by atoms with Gasteiger partial charge >= 0.3 is 0 Å². The highest BCUT2D eigenvalue weighted by Crippen LogP contribution is 2.07. The van der Waals surface area contributed by atoms with Gasteiger partial charge in [-0.25, -0.2) is 0 Å². The Morgan fingerprint density at radius 1 is 0.882 bits per heavy atom. The second-order valence-electron chi connectivity index (χ2n) is 4.10. The minimum atomic E-state index is -0.0515. The molecule has 0 spiro atoms. The van der Waals surface area contributed by atoms with Crippen LogP contribution in [0.5, 0.6) is 0 Å². The fourth-order valence-corrected chi connectivity index (χ4v) is 1.46. The van der Waals surface area contributed by atoms with E-state index in [0.717, 1.165) is 19.3 Å². The van der Waals surface area contributed by atoms with Gasteiger partial charge in [-0.3, -0.25) is 0 Å². The highest BCUT2D eigenvalue weighted by Gasteiger charge is 2.01. The average molecular weight is 247 g/mol. The zero-order chi connectivity index (χ0) is 14.1. The van der Waals surface area contributed by atoms with Crippen molar-refractivity contribution in [2.75, 3.05) is 20.6 Å². The van der Waals surface area contributed by atoms with E-state index in [1.807, 2.05) is 27.7 Å². The van der Waals surface area contributed by atoms with Crippen molar-refractivity contribution < 1.29 is 5.11 Å². The zero-order valence-electron chi connectivity index (χ0n) is 13.4. The molecule has 0 bridgehead atoms. The third-order valence-corrected chi connectivity index (χ3v) is 2.26. The largest absolute Gasteiger partial charge is 0.393 e. The average Bonchev–Trinajstić information content (AvgIpc) is 2.34. The van der Waals surface area contributed by atoms with E-state index < -0.39 is 0 Å². The summed E-state index contributed by atoms with van der Waals surface area (Å²) in [5.41, 5.74) is 0. The molecule has 0 aliphatic carbocycles. The molecule has 2 nitrogen and oxygen atoms in total. The van der Waals surface area contributed by atoms with Crippen LogP contribution in [0.1, 0.15) is 73.1 Å². The van der Waals surface area contributed by atoms with Crippen LogP contribution in [0.15, 0.2) is 0 Å². The minimum absolute atomic E-state index is 0.0515. The molecule has 0 rings (SSSR count). The summed E-state index contributed by atoms with van der Waals surface area (Å²) in [4.78, 5) is 2.21. The molecule has 0 aromatic rings. The van der Waals surface area contributed by atoms with Crippen LogP contribution in [0.2, 0.25) is 0 Å². The Morgan fingerprint density at radius 3 is 1.82 bits per heavy atom. The predicted molar refractivity (Wildman–Crippen MR) is 80.6 cm³/mol. The molecule has 17 heavy (non-hydrogen) atoms. The fourth-order valence-electron chi connectivity index (χ4n) is 1.46. The zero-order valence-corrected chi connectivity index (χ0v) is 13.4. The highest BCUT2D eigenvalue weighted by molar-refractivity contribution is 4.55. The van der Waals surface area contributed by atoms with Crippen molar-refractivity contribution >= 4 is 0 Å². The molecular weight excluding hydrogens is 210 g/mol. The van der Waals surface area contributed by atoms with E-state index in [1.165, 1.54) is 25.8 Å². The van der Waals surface area contributed by atoms with Crippen LogP contribution in [-0.4, -0.2) is 36.8 Å². The molecule has 108 valence electrons. The van der Waals surface area contributed by atoms with Gasteiger partial charge in [0, 0.05) is 0 Å². The third-order valence-electron chi connectivity index (χ3n) is 2.26. The van der Waals surface area contributed by atoms with E-state index in [2.05, 4.69) is 25.9 Å².